The SMILES string of the molecule is O=C(NC1CCc2c(Cl)cccc21)c1ccccc1Oc1cccnc1. The molecule has 1 amide bonds. The molecule has 0 radical (unpaired) electrons. The third kappa shape index (κ3) is 3.28. The van der Waals surface area contributed by atoms with Crippen molar-refractivity contribution in [3.63, 3.8) is 0 Å². The summed E-state index contributed by atoms with van der Waals surface area (Å²) in [5, 5.41) is 3.88. The summed E-state index contributed by atoms with van der Waals surface area (Å²) in [5.74, 6) is 0.926. The van der Waals surface area contributed by atoms with Crippen LogP contribution in [0.25, 0.3) is 0 Å². The van der Waals surface area contributed by atoms with Crippen molar-refractivity contribution in [1.29, 1.82) is 0 Å². The van der Waals surface area contributed by atoms with Crippen molar-refractivity contribution in [3.05, 3.63) is 88.7 Å². The van der Waals surface area contributed by atoms with E-state index in [0.29, 0.717) is 17.1 Å². The Bertz CT molecular complexity index is 944. The molecule has 0 aliphatic heterocycles. The molecule has 0 saturated heterocycles. The van der Waals surface area contributed by atoms with Crippen LogP contribution in [0.5, 0.6) is 11.5 Å². The minimum Gasteiger partial charge on any atom is -0.455 e. The molecular formula is C21H17ClN2O2. The van der Waals surface area contributed by atoms with Gasteiger partial charge in [0.2, 0.25) is 0 Å². The van der Waals surface area contributed by atoms with Gasteiger partial charge in [-0.3, -0.25) is 9.78 Å². The average Bonchev–Trinajstić information content (AvgIpc) is 3.07. The average molecular weight is 365 g/mol. The standard InChI is InChI=1S/C21H17ClN2O2/c22-18-8-3-7-16-15(18)10-11-19(16)24-21(25)17-6-1-2-9-20(17)26-14-5-4-12-23-13-14/h1-9,12-13,19H,10-11H2,(H,24,25). The number of halogens is 1. The number of ether oxygens (including phenoxy) is 1. The van der Waals surface area contributed by atoms with Crippen LogP contribution in [0.1, 0.15) is 33.9 Å². The quantitative estimate of drug-likeness (QED) is 0.713. The fourth-order valence-corrected chi connectivity index (χ4v) is 3.55. The van der Waals surface area contributed by atoms with Crippen molar-refractivity contribution in [3.8, 4) is 11.5 Å². The highest BCUT2D eigenvalue weighted by Crippen LogP contribution is 2.36. The zero-order valence-corrected chi connectivity index (χ0v) is 14.7. The summed E-state index contributed by atoms with van der Waals surface area (Å²) in [5.41, 5.74) is 2.71. The summed E-state index contributed by atoms with van der Waals surface area (Å²) in [4.78, 5) is 16.9. The van der Waals surface area contributed by atoms with Crippen molar-refractivity contribution in [1.82, 2.24) is 10.3 Å². The molecule has 2 aromatic carbocycles. The Balaban J connectivity index is 1.56. The van der Waals surface area contributed by atoms with E-state index in [4.69, 9.17) is 16.3 Å². The zero-order valence-electron chi connectivity index (χ0n) is 14.0. The summed E-state index contributed by atoms with van der Waals surface area (Å²) >= 11 is 6.27. The second-order valence-electron chi connectivity index (χ2n) is 6.16. The molecule has 3 aromatic rings. The Kier molecular flexibility index (Phi) is 4.59. The summed E-state index contributed by atoms with van der Waals surface area (Å²) in [6.45, 7) is 0. The molecule has 1 aliphatic rings. The Labute approximate surface area is 156 Å². The molecule has 0 fully saturated rings. The van der Waals surface area contributed by atoms with Gasteiger partial charge in [-0.15, -0.1) is 0 Å². The zero-order chi connectivity index (χ0) is 17.9. The normalized spacial score (nSPS) is 15.3. The number of hydrogen-bond acceptors (Lipinski definition) is 3. The lowest BCUT2D eigenvalue weighted by molar-refractivity contribution is 0.0934. The highest BCUT2D eigenvalue weighted by atomic mass is 35.5. The smallest absolute Gasteiger partial charge is 0.255 e. The largest absolute Gasteiger partial charge is 0.455 e. The monoisotopic (exact) mass is 364 g/mol. The van der Waals surface area contributed by atoms with Gasteiger partial charge in [0.1, 0.15) is 11.5 Å². The van der Waals surface area contributed by atoms with Gasteiger partial charge in [0.05, 0.1) is 17.8 Å². The van der Waals surface area contributed by atoms with E-state index in [2.05, 4.69) is 10.3 Å². The fraction of sp³-hybridized carbons (Fsp3) is 0.143. The Morgan fingerprint density at radius 2 is 2.00 bits per heavy atom. The van der Waals surface area contributed by atoms with Gasteiger partial charge in [0, 0.05) is 11.2 Å². The number of hydrogen-bond donors (Lipinski definition) is 1. The van der Waals surface area contributed by atoms with Crippen LogP contribution in [-0.4, -0.2) is 10.9 Å². The molecule has 26 heavy (non-hydrogen) atoms. The molecule has 0 bridgehead atoms. The maximum atomic E-state index is 12.9. The third-order valence-electron chi connectivity index (χ3n) is 4.51. The van der Waals surface area contributed by atoms with Gasteiger partial charge in [-0.1, -0.05) is 35.9 Å². The molecule has 0 saturated carbocycles. The van der Waals surface area contributed by atoms with E-state index in [-0.39, 0.29) is 11.9 Å². The van der Waals surface area contributed by atoms with Crippen LogP contribution < -0.4 is 10.1 Å². The first-order valence-corrected chi connectivity index (χ1v) is 8.85. The van der Waals surface area contributed by atoms with Crippen molar-refractivity contribution in [2.24, 2.45) is 0 Å². The predicted molar refractivity (Wildman–Crippen MR) is 101 cm³/mol. The number of fused-ring (bicyclic) bond motifs is 1. The van der Waals surface area contributed by atoms with Gasteiger partial charge in [0.25, 0.3) is 5.91 Å². The second kappa shape index (κ2) is 7.18. The van der Waals surface area contributed by atoms with Gasteiger partial charge in [0.15, 0.2) is 0 Å². The van der Waals surface area contributed by atoms with Crippen LogP contribution in [0.4, 0.5) is 0 Å². The number of nitrogens with zero attached hydrogens (tertiary/aromatic N) is 1. The molecule has 1 atom stereocenters. The number of amides is 1. The first-order chi connectivity index (χ1) is 12.7. The van der Waals surface area contributed by atoms with Crippen LogP contribution in [0.15, 0.2) is 67.0 Å². The molecule has 0 spiro atoms. The van der Waals surface area contributed by atoms with Crippen LogP contribution in [-0.2, 0) is 6.42 Å². The van der Waals surface area contributed by atoms with E-state index in [1.165, 1.54) is 0 Å². The Morgan fingerprint density at radius 1 is 1.12 bits per heavy atom. The molecule has 1 aliphatic carbocycles. The lowest BCUT2D eigenvalue weighted by atomic mass is 10.1. The molecular weight excluding hydrogens is 348 g/mol. The fourth-order valence-electron chi connectivity index (χ4n) is 3.27. The number of rotatable bonds is 4. The Hall–Kier alpha value is -2.85. The minimum absolute atomic E-state index is 0.0392. The van der Waals surface area contributed by atoms with E-state index in [1.807, 2.05) is 30.3 Å². The molecule has 4 rings (SSSR count). The number of carbonyl (C=O) groups is 1. The number of carbonyl (C=O) groups excluding carboxylic acids is 1. The van der Waals surface area contributed by atoms with Gasteiger partial charge < -0.3 is 10.1 Å². The van der Waals surface area contributed by atoms with E-state index in [1.54, 1.807) is 36.7 Å². The first kappa shape index (κ1) is 16.6. The number of benzene rings is 2. The van der Waals surface area contributed by atoms with Crippen molar-refractivity contribution >= 4 is 17.5 Å². The van der Waals surface area contributed by atoms with E-state index in [0.717, 1.165) is 29.0 Å². The summed E-state index contributed by atoms with van der Waals surface area (Å²) in [6, 6.07) is 16.6. The molecule has 1 aromatic heterocycles. The van der Waals surface area contributed by atoms with Crippen molar-refractivity contribution < 1.29 is 9.53 Å². The highest BCUT2D eigenvalue weighted by Gasteiger charge is 2.26. The second-order valence-corrected chi connectivity index (χ2v) is 6.57. The summed E-state index contributed by atoms with van der Waals surface area (Å²) in [6.07, 6.45) is 5.00. The third-order valence-corrected chi connectivity index (χ3v) is 4.87. The highest BCUT2D eigenvalue weighted by molar-refractivity contribution is 6.31. The number of pyridine rings is 1. The van der Waals surface area contributed by atoms with Crippen LogP contribution >= 0.6 is 11.6 Å². The van der Waals surface area contributed by atoms with Gasteiger partial charge in [-0.2, -0.15) is 0 Å². The predicted octanol–water partition coefficient (Wildman–Crippen LogP) is 4.94. The maximum absolute atomic E-state index is 12.9. The van der Waals surface area contributed by atoms with Gasteiger partial charge >= 0.3 is 0 Å². The van der Waals surface area contributed by atoms with Gasteiger partial charge in [-0.05, 0) is 54.3 Å². The molecule has 130 valence electrons. The van der Waals surface area contributed by atoms with Crippen LogP contribution in [0.2, 0.25) is 5.02 Å². The van der Waals surface area contributed by atoms with E-state index >= 15 is 0 Å². The molecule has 1 N–H and O–H groups in total. The molecule has 5 heteroatoms. The van der Waals surface area contributed by atoms with Crippen LogP contribution in [0.3, 0.4) is 0 Å². The van der Waals surface area contributed by atoms with Crippen molar-refractivity contribution in [2.75, 3.05) is 0 Å². The number of para-hydroxylation sites is 1. The molecule has 1 unspecified atom stereocenters. The summed E-state index contributed by atoms with van der Waals surface area (Å²) < 4.78 is 5.84. The number of nitrogens with one attached hydrogen (secondary N) is 1. The summed E-state index contributed by atoms with van der Waals surface area (Å²) in [7, 11) is 0. The number of aromatic nitrogens is 1. The molecule has 4 nitrogen and oxygen atoms in total. The minimum atomic E-state index is -0.165. The lowest BCUT2D eigenvalue weighted by Gasteiger charge is -2.16. The van der Waals surface area contributed by atoms with E-state index < -0.39 is 0 Å². The lowest BCUT2D eigenvalue weighted by Crippen LogP contribution is -2.27. The topological polar surface area (TPSA) is 51.2 Å². The maximum Gasteiger partial charge on any atom is 0.255 e. The molecule has 1 heterocycles. The first-order valence-electron chi connectivity index (χ1n) is 8.47. The Morgan fingerprint density at radius 3 is 2.85 bits per heavy atom. The van der Waals surface area contributed by atoms with Gasteiger partial charge in [-0.25, -0.2) is 0 Å². The van der Waals surface area contributed by atoms with Crippen molar-refractivity contribution in [2.45, 2.75) is 18.9 Å². The van der Waals surface area contributed by atoms with Crippen LogP contribution in [0, 0.1) is 0 Å². The van der Waals surface area contributed by atoms with E-state index in [9.17, 15) is 4.79 Å².